The summed E-state index contributed by atoms with van der Waals surface area (Å²) in [7, 11) is 1.57. The van der Waals surface area contributed by atoms with Crippen LogP contribution in [0, 0.1) is 0 Å². The zero-order valence-corrected chi connectivity index (χ0v) is 19.8. The standard InChI is InChI=1S/C24H28N8O3/c1-3-9-35-10-8-32-20-11-18(17-4-5-21(34-2)29-12-17)13-30-22(20)31-23(24(32)33)28-7-6-27-19-14-25-16-26-15-19/h4-5,11-16,27H,3,6-10H2,1-2H3,(H,28,30,31). The first kappa shape index (κ1) is 24.0. The van der Waals surface area contributed by atoms with Gasteiger partial charge in [-0.2, -0.15) is 0 Å². The van der Waals surface area contributed by atoms with E-state index < -0.39 is 0 Å². The lowest BCUT2D eigenvalue weighted by Crippen LogP contribution is -2.29. The molecule has 0 atom stereocenters. The lowest BCUT2D eigenvalue weighted by molar-refractivity contribution is 0.127. The predicted molar refractivity (Wildman–Crippen MR) is 134 cm³/mol. The van der Waals surface area contributed by atoms with Crippen LogP contribution < -0.4 is 20.9 Å². The summed E-state index contributed by atoms with van der Waals surface area (Å²) >= 11 is 0. The van der Waals surface area contributed by atoms with Crippen LogP contribution in [0.4, 0.5) is 11.5 Å². The number of rotatable bonds is 12. The number of aromatic nitrogens is 6. The highest BCUT2D eigenvalue weighted by Gasteiger charge is 2.13. The van der Waals surface area contributed by atoms with Crippen LogP contribution in [0.1, 0.15) is 13.3 Å². The van der Waals surface area contributed by atoms with Gasteiger partial charge >= 0.3 is 0 Å². The van der Waals surface area contributed by atoms with E-state index in [0.29, 0.717) is 49.9 Å². The lowest BCUT2D eigenvalue weighted by Gasteiger charge is -2.14. The summed E-state index contributed by atoms with van der Waals surface area (Å²) < 4.78 is 12.4. The second-order valence-electron chi connectivity index (χ2n) is 7.67. The van der Waals surface area contributed by atoms with Crippen molar-refractivity contribution in [3.8, 4) is 17.0 Å². The molecule has 0 aliphatic heterocycles. The van der Waals surface area contributed by atoms with Crippen molar-refractivity contribution in [3.63, 3.8) is 0 Å². The quantitative estimate of drug-likeness (QED) is 0.294. The van der Waals surface area contributed by atoms with Gasteiger partial charge < -0.3 is 20.1 Å². The van der Waals surface area contributed by atoms with E-state index in [2.05, 4.69) is 35.6 Å². The van der Waals surface area contributed by atoms with Crippen LogP contribution in [0.15, 0.2) is 54.1 Å². The van der Waals surface area contributed by atoms with Gasteiger partial charge in [-0.3, -0.25) is 9.36 Å². The maximum atomic E-state index is 13.3. The topological polar surface area (TPSA) is 129 Å². The van der Waals surface area contributed by atoms with Crippen LogP contribution in [0.5, 0.6) is 5.88 Å². The summed E-state index contributed by atoms with van der Waals surface area (Å²) in [6.45, 7) is 4.52. The van der Waals surface area contributed by atoms with E-state index >= 15 is 0 Å². The summed E-state index contributed by atoms with van der Waals surface area (Å²) in [4.78, 5) is 34.6. The van der Waals surface area contributed by atoms with Crippen LogP contribution in [-0.4, -0.2) is 62.9 Å². The Balaban J connectivity index is 1.59. The van der Waals surface area contributed by atoms with Gasteiger partial charge in [0.15, 0.2) is 11.5 Å². The Morgan fingerprint density at radius 3 is 2.51 bits per heavy atom. The number of anilines is 2. The SMILES string of the molecule is CCCOCCn1c(=O)c(NCCNc2cncnc2)nc2ncc(-c3ccc(OC)nc3)cc21. The van der Waals surface area contributed by atoms with Crippen LogP contribution in [-0.2, 0) is 11.3 Å². The molecule has 0 amide bonds. The third-order valence-electron chi connectivity index (χ3n) is 5.20. The summed E-state index contributed by atoms with van der Waals surface area (Å²) in [5.74, 6) is 0.768. The summed E-state index contributed by atoms with van der Waals surface area (Å²) in [5, 5.41) is 6.32. The van der Waals surface area contributed by atoms with Gasteiger partial charge in [-0.05, 0) is 18.6 Å². The van der Waals surface area contributed by atoms with Gasteiger partial charge in [-0.25, -0.2) is 24.9 Å². The Morgan fingerprint density at radius 1 is 0.971 bits per heavy atom. The first-order valence-electron chi connectivity index (χ1n) is 11.4. The van der Waals surface area contributed by atoms with Crippen molar-refractivity contribution in [2.75, 3.05) is 44.0 Å². The third-order valence-corrected chi connectivity index (χ3v) is 5.20. The molecule has 11 nitrogen and oxygen atoms in total. The number of nitrogens with one attached hydrogen (secondary N) is 2. The molecule has 0 radical (unpaired) electrons. The van der Waals surface area contributed by atoms with Gasteiger partial charge in [-0.1, -0.05) is 6.92 Å². The van der Waals surface area contributed by atoms with E-state index in [1.165, 1.54) is 6.33 Å². The van der Waals surface area contributed by atoms with Crippen molar-refractivity contribution in [1.29, 1.82) is 0 Å². The minimum atomic E-state index is -0.229. The number of ether oxygens (including phenoxy) is 2. The maximum Gasteiger partial charge on any atom is 0.293 e. The molecule has 4 aromatic rings. The Morgan fingerprint density at radius 2 is 1.77 bits per heavy atom. The molecule has 0 bridgehead atoms. The fourth-order valence-electron chi connectivity index (χ4n) is 3.47. The first-order chi connectivity index (χ1) is 17.2. The molecule has 0 aliphatic rings. The minimum absolute atomic E-state index is 0.229. The van der Waals surface area contributed by atoms with E-state index in [1.54, 1.807) is 42.5 Å². The molecule has 0 aliphatic carbocycles. The Bertz CT molecular complexity index is 1300. The van der Waals surface area contributed by atoms with Crippen molar-refractivity contribution in [2.24, 2.45) is 0 Å². The third kappa shape index (κ3) is 6.07. The molecule has 4 aromatic heterocycles. The molecule has 35 heavy (non-hydrogen) atoms. The number of pyridine rings is 2. The fourth-order valence-corrected chi connectivity index (χ4v) is 3.47. The fraction of sp³-hybridized carbons (Fsp3) is 0.333. The van der Waals surface area contributed by atoms with Crippen LogP contribution in [0.3, 0.4) is 0 Å². The van der Waals surface area contributed by atoms with Gasteiger partial charge in [-0.15, -0.1) is 0 Å². The van der Waals surface area contributed by atoms with E-state index in [-0.39, 0.29) is 11.4 Å². The molecule has 4 heterocycles. The molecule has 0 saturated carbocycles. The van der Waals surface area contributed by atoms with Gasteiger partial charge in [0.1, 0.15) is 6.33 Å². The smallest absolute Gasteiger partial charge is 0.293 e. The molecular weight excluding hydrogens is 448 g/mol. The largest absolute Gasteiger partial charge is 0.481 e. The monoisotopic (exact) mass is 476 g/mol. The molecule has 182 valence electrons. The minimum Gasteiger partial charge on any atom is -0.481 e. The van der Waals surface area contributed by atoms with Gasteiger partial charge in [0.2, 0.25) is 5.88 Å². The lowest BCUT2D eigenvalue weighted by atomic mass is 10.1. The van der Waals surface area contributed by atoms with Gasteiger partial charge in [0, 0.05) is 55.8 Å². The summed E-state index contributed by atoms with van der Waals surface area (Å²) in [6.07, 6.45) is 9.19. The predicted octanol–water partition coefficient (Wildman–Crippen LogP) is 2.60. The molecule has 0 fully saturated rings. The van der Waals surface area contributed by atoms with Crippen molar-refractivity contribution in [1.82, 2.24) is 29.5 Å². The average Bonchev–Trinajstić information content (AvgIpc) is 2.91. The Hall–Kier alpha value is -4.12. The molecule has 11 heteroatoms. The van der Waals surface area contributed by atoms with Crippen molar-refractivity contribution in [2.45, 2.75) is 19.9 Å². The Labute approximate surface area is 202 Å². The van der Waals surface area contributed by atoms with Gasteiger partial charge in [0.05, 0.1) is 37.3 Å². The second kappa shape index (κ2) is 11.8. The van der Waals surface area contributed by atoms with Gasteiger partial charge in [0.25, 0.3) is 5.56 Å². The van der Waals surface area contributed by atoms with Crippen molar-refractivity contribution < 1.29 is 9.47 Å². The Kier molecular flexibility index (Phi) is 8.12. The summed E-state index contributed by atoms with van der Waals surface area (Å²) in [6, 6.07) is 5.59. The zero-order valence-electron chi connectivity index (χ0n) is 19.8. The number of fused-ring (bicyclic) bond motifs is 1. The highest BCUT2D eigenvalue weighted by Crippen LogP contribution is 2.23. The molecule has 0 saturated heterocycles. The molecule has 4 rings (SSSR count). The van der Waals surface area contributed by atoms with E-state index in [9.17, 15) is 4.79 Å². The average molecular weight is 477 g/mol. The van der Waals surface area contributed by atoms with E-state index in [1.807, 2.05) is 19.1 Å². The van der Waals surface area contributed by atoms with E-state index in [0.717, 1.165) is 23.2 Å². The normalized spacial score (nSPS) is 10.9. The van der Waals surface area contributed by atoms with Crippen LogP contribution in [0.25, 0.3) is 22.3 Å². The molecule has 0 unspecified atom stereocenters. The molecular formula is C24H28N8O3. The number of hydrogen-bond acceptors (Lipinski definition) is 10. The summed E-state index contributed by atoms with van der Waals surface area (Å²) in [5.41, 5.74) is 3.36. The van der Waals surface area contributed by atoms with Crippen LogP contribution >= 0.6 is 0 Å². The number of nitrogens with zero attached hydrogens (tertiary/aromatic N) is 6. The van der Waals surface area contributed by atoms with E-state index in [4.69, 9.17) is 9.47 Å². The first-order valence-corrected chi connectivity index (χ1v) is 11.4. The maximum absolute atomic E-state index is 13.3. The highest BCUT2D eigenvalue weighted by atomic mass is 16.5. The van der Waals surface area contributed by atoms with Crippen molar-refractivity contribution >= 4 is 22.7 Å². The molecule has 2 N–H and O–H groups in total. The molecule has 0 spiro atoms. The number of methoxy groups -OCH3 is 1. The van der Waals surface area contributed by atoms with Crippen molar-refractivity contribution in [3.05, 3.63) is 59.7 Å². The highest BCUT2D eigenvalue weighted by molar-refractivity contribution is 5.78. The molecule has 0 aromatic carbocycles. The van der Waals surface area contributed by atoms with Crippen LogP contribution in [0.2, 0.25) is 0 Å². The zero-order chi connectivity index (χ0) is 24.5. The second-order valence-corrected chi connectivity index (χ2v) is 7.67. The number of hydrogen-bond donors (Lipinski definition) is 2.